The van der Waals surface area contributed by atoms with Crippen LogP contribution < -0.4 is 25.8 Å². The van der Waals surface area contributed by atoms with Gasteiger partial charge in [0.1, 0.15) is 23.2 Å². The highest BCUT2D eigenvalue weighted by Gasteiger charge is 2.18. The molecule has 0 aliphatic heterocycles. The van der Waals surface area contributed by atoms with E-state index in [4.69, 9.17) is 10.5 Å². The minimum absolute atomic E-state index is 0.00378. The van der Waals surface area contributed by atoms with E-state index in [1.807, 2.05) is 6.92 Å². The molecule has 1 amide bonds. The number of hydrogen-bond donors (Lipinski definition) is 4. The highest BCUT2D eigenvalue weighted by molar-refractivity contribution is 7.89. The van der Waals surface area contributed by atoms with E-state index in [0.717, 1.165) is 6.54 Å². The molecule has 28 heavy (non-hydrogen) atoms. The van der Waals surface area contributed by atoms with Crippen LogP contribution >= 0.6 is 0 Å². The molecule has 1 heterocycles. The summed E-state index contributed by atoms with van der Waals surface area (Å²) in [6.07, 6.45) is 0. The summed E-state index contributed by atoms with van der Waals surface area (Å²) in [5.74, 6) is 1.31. The quantitative estimate of drug-likeness (QED) is 0.420. The van der Waals surface area contributed by atoms with Crippen LogP contribution in [0.1, 0.15) is 23.1 Å². The molecule has 2 aromatic rings. The number of aryl methyl sites for hydroxylation is 1. The Morgan fingerprint density at radius 1 is 1.14 bits per heavy atom. The van der Waals surface area contributed by atoms with Crippen molar-refractivity contribution in [2.45, 2.75) is 18.7 Å². The van der Waals surface area contributed by atoms with Gasteiger partial charge in [0.05, 0.1) is 17.6 Å². The number of rotatable bonds is 10. The fourth-order valence-electron chi connectivity index (χ4n) is 2.44. The van der Waals surface area contributed by atoms with Crippen LogP contribution in [0.25, 0.3) is 0 Å². The molecule has 1 aromatic heterocycles. The lowest BCUT2D eigenvalue weighted by Crippen LogP contribution is -2.29. The largest absolute Gasteiger partial charge is 0.496 e. The van der Waals surface area contributed by atoms with Gasteiger partial charge >= 0.3 is 0 Å². The summed E-state index contributed by atoms with van der Waals surface area (Å²) in [6, 6.07) is 5.66. The van der Waals surface area contributed by atoms with Gasteiger partial charge in [-0.05, 0) is 32.0 Å². The number of sulfonamides is 1. The molecule has 0 atom stereocenters. The van der Waals surface area contributed by atoms with Crippen LogP contribution in [0, 0.1) is 6.92 Å². The highest BCUT2D eigenvalue weighted by Crippen LogP contribution is 2.21. The summed E-state index contributed by atoms with van der Waals surface area (Å²) in [5, 5.41) is 6.14. The van der Waals surface area contributed by atoms with Crippen LogP contribution in [0.4, 0.5) is 11.6 Å². The summed E-state index contributed by atoms with van der Waals surface area (Å²) in [6.45, 7) is 4.88. The average Bonchev–Trinajstić information content (AvgIpc) is 2.64. The molecule has 0 aliphatic carbocycles. The van der Waals surface area contributed by atoms with E-state index in [9.17, 15) is 13.2 Å². The lowest BCUT2D eigenvalue weighted by Gasteiger charge is -2.11. The van der Waals surface area contributed by atoms with Crippen molar-refractivity contribution < 1.29 is 17.9 Å². The van der Waals surface area contributed by atoms with Gasteiger partial charge in [0.25, 0.3) is 5.91 Å². The zero-order valence-corrected chi connectivity index (χ0v) is 16.8. The van der Waals surface area contributed by atoms with Crippen LogP contribution in [0.15, 0.2) is 29.2 Å². The highest BCUT2D eigenvalue weighted by atomic mass is 32.2. The Balaban J connectivity index is 2.01. The Morgan fingerprint density at radius 2 is 1.82 bits per heavy atom. The number of hydrogen-bond acceptors (Lipinski definition) is 8. The zero-order valence-electron chi connectivity index (χ0n) is 15.9. The minimum atomic E-state index is -3.82. The Kier molecular flexibility index (Phi) is 7.12. The topological polar surface area (TPSA) is 148 Å². The van der Waals surface area contributed by atoms with Crippen LogP contribution in [0.3, 0.4) is 0 Å². The lowest BCUT2D eigenvalue weighted by molar-refractivity contribution is 0.0997. The molecule has 10 nitrogen and oxygen atoms in total. The first-order valence-electron chi connectivity index (χ1n) is 8.57. The molecule has 0 bridgehead atoms. The summed E-state index contributed by atoms with van der Waals surface area (Å²) in [4.78, 5) is 19.9. The number of primary amides is 1. The summed E-state index contributed by atoms with van der Waals surface area (Å²) < 4.78 is 32.4. The number of aromatic nitrogens is 2. The molecule has 0 radical (unpaired) electrons. The maximum Gasteiger partial charge on any atom is 0.252 e. The lowest BCUT2D eigenvalue weighted by atomic mass is 10.2. The van der Waals surface area contributed by atoms with E-state index in [1.165, 1.54) is 25.3 Å². The number of anilines is 2. The number of nitrogens with one attached hydrogen (secondary N) is 3. The molecule has 0 unspecified atom stereocenters. The molecule has 2 rings (SSSR count). The first kappa shape index (κ1) is 21.4. The monoisotopic (exact) mass is 408 g/mol. The van der Waals surface area contributed by atoms with E-state index < -0.39 is 15.9 Å². The van der Waals surface area contributed by atoms with E-state index in [2.05, 4.69) is 25.3 Å². The number of carbonyl (C=O) groups excluding carboxylic acids is 1. The maximum atomic E-state index is 12.4. The molecule has 0 saturated carbocycles. The van der Waals surface area contributed by atoms with Gasteiger partial charge < -0.3 is 21.1 Å². The van der Waals surface area contributed by atoms with Gasteiger partial charge in [-0.2, -0.15) is 0 Å². The summed E-state index contributed by atoms with van der Waals surface area (Å²) in [5.41, 5.74) is 5.27. The van der Waals surface area contributed by atoms with Crippen molar-refractivity contribution >= 4 is 27.6 Å². The van der Waals surface area contributed by atoms with Gasteiger partial charge in [-0.1, -0.05) is 0 Å². The van der Waals surface area contributed by atoms with Crippen molar-refractivity contribution in [2.24, 2.45) is 5.73 Å². The number of carbonyl (C=O) groups is 1. The van der Waals surface area contributed by atoms with Crippen molar-refractivity contribution in [1.29, 1.82) is 0 Å². The van der Waals surface area contributed by atoms with Crippen molar-refractivity contribution in [2.75, 3.05) is 37.4 Å². The predicted molar refractivity (Wildman–Crippen MR) is 106 cm³/mol. The van der Waals surface area contributed by atoms with Crippen molar-refractivity contribution in [3.8, 4) is 5.75 Å². The normalized spacial score (nSPS) is 11.1. The van der Waals surface area contributed by atoms with Gasteiger partial charge in [-0.15, -0.1) is 0 Å². The average molecular weight is 408 g/mol. The smallest absolute Gasteiger partial charge is 0.252 e. The first-order valence-corrected chi connectivity index (χ1v) is 10.1. The fraction of sp³-hybridized carbons (Fsp3) is 0.353. The third-order valence-electron chi connectivity index (χ3n) is 3.67. The number of nitrogens with two attached hydrogens (primary N) is 1. The van der Waals surface area contributed by atoms with Crippen molar-refractivity contribution in [3.05, 3.63) is 35.7 Å². The van der Waals surface area contributed by atoms with Crippen molar-refractivity contribution in [3.63, 3.8) is 0 Å². The number of amides is 1. The third kappa shape index (κ3) is 5.54. The SMILES string of the molecule is CCNc1cc(NCCNS(=O)(=O)c2ccc(OC)c(C(N)=O)c2)nc(C)n1. The molecular formula is C17H24N6O4S. The minimum Gasteiger partial charge on any atom is -0.496 e. The Bertz CT molecular complexity index is 949. The molecule has 0 fully saturated rings. The Hall–Kier alpha value is -2.92. The van der Waals surface area contributed by atoms with E-state index in [-0.39, 0.29) is 22.8 Å². The number of ether oxygens (including phenoxy) is 1. The molecule has 152 valence electrons. The molecular weight excluding hydrogens is 384 g/mol. The third-order valence-corrected chi connectivity index (χ3v) is 5.12. The van der Waals surface area contributed by atoms with Gasteiger partial charge in [-0.3, -0.25) is 4.79 Å². The van der Waals surface area contributed by atoms with Gasteiger partial charge in [-0.25, -0.2) is 23.1 Å². The maximum absolute atomic E-state index is 12.4. The van der Waals surface area contributed by atoms with Gasteiger partial charge in [0.15, 0.2) is 0 Å². The summed E-state index contributed by atoms with van der Waals surface area (Å²) >= 11 is 0. The number of methoxy groups -OCH3 is 1. The van der Waals surface area contributed by atoms with E-state index in [1.54, 1.807) is 13.0 Å². The van der Waals surface area contributed by atoms with Crippen molar-refractivity contribution in [1.82, 2.24) is 14.7 Å². The summed E-state index contributed by atoms with van der Waals surface area (Å²) in [7, 11) is -2.45. The molecule has 0 spiro atoms. The van der Waals surface area contributed by atoms with Crippen LogP contribution in [-0.2, 0) is 10.0 Å². The molecule has 0 aliphatic rings. The predicted octanol–water partition coefficient (Wildman–Crippen LogP) is 0.715. The molecule has 11 heteroatoms. The molecule has 1 aromatic carbocycles. The van der Waals surface area contributed by atoms with Crippen LogP contribution in [-0.4, -0.2) is 51.0 Å². The second-order valence-corrected chi connectivity index (χ2v) is 7.53. The van der Waals surface area contributed by atoms with E-state index in [0.29, 0.717) is 24.0 Å². The Labute approximate surface area is 164 Å². The first-order chi connectivity index (χ1) is 13.3. The number of nitrogens with zero attached hydrogens (tertiary/aromatic N) is 2. The van der Waals surface area contributed by atoms with Crippen LogP contribution in [0.5, 0.6) is 5.75 Å². The van der Waals surface area contributed by atoms with E-state index >= 15 is 0 Å². The second-order valence-electron chi connectivity index (χ2n) is 5.77. The molecule has 0 saturated heterocycles. The second kappa shape index (κ2) is 9.33. The fourth-order valence-corrected chi connectivity index (χ4v) is 3.49. The number of benzene rings is 1. The van der Waals surface area contributed by atoms with Crippen LogP contribution in [0.2, 0.25) is 0 Å². The van der Waals surface area contributed by atoms with Gasteiger partial charge in [0, 0.05) is 25.7 Å². The van der Waals surface area contributed by atoms with Gasteiger partial charge in [0.2, 0.25) is 10.0 Å². The standard InChI is InChI=1S/C17H24N6O4S/c1-4-19-15-10-16(23-11(2)22-15)20-7-8-21-28(25,26)12-5-6-14(27-3)13(9-12)17(18)24/h5-6,9-10,21H,4,7-8H2,1-3H3,(H2,18,24)(H2,19,20,22,23). The zero-order chi connectivity index (χ0) is 20.7. The molecule has 5 N–H and O–H groups in total. The Morgan fingerprint density at radius 3 is 2.43 bits per heavy atom.